The number of carbonyl (C=O) groups is 1. The molecule has 0 radical (unpaired) electrons. The summed E-state index contributed by atoms with van der Waals surface area (Å²) in [5.41, 5.74) is 5.96. The molecule has 0 aliphatic heterocycles. The highest BCUT2D eigenvalue weighted by Gasteiger charge is 2.20. The van der Waals surface area contributed by atoms with Crippen LogP contribution in [0.2, 0.25) is 0 Å². The number of carbonyl (C=O) groups excluding carboxylic acids is 1. The fourth-order valence-corrected chi connectivity index (χ4v) is 2.81. The van der Waals surface area contributed by atoms with E-state index >= 15 is 0 Å². The van der Waals surface area contributed by atoms with E-state index in [-0.39, 0.29) is 11.9 Å². The molecule has 1 atom stereocenters. The maximum atomic E-state index is 12.4. The highest BCUT2D eigenvalue weighted by Crippen LogP contribution is 2.14. The van der Waals surface area contributed by atoms with Crippen LogP contribution in [0.1, 0.15) is 22.3 Å². The molecule has 0 bridgehead atoms. The van der Waals surface area contributed by atoms with Gasteiger partial charge in [-0.05, 0) is 18.4 Å². The van der Waals surface area contributed by atoms with Crippen LogP contribution >= 0.6 is 11.3 Å². The molecule has 108 valence electrons. The summed E-state index contributed by atoms with van der Waals surface area (Å²) < 4.78 is 1.84. The summed E-state index contributed by atoms with van der Waals surface area (Å²) in [6, 6.07) is 4.26. The second-order valence-electron chi connectivity index (χ2n) is 4.83. The summed E-state index contributed by atoms with van der Waals surface area (Å²) >= 11 is 1.72. The van der Waals surface area contributed by atoms with E-state index in [0.717, 1.165) is 6.42 Å². The Balaban J connectivity index is 1.99. The van der Waals surface area contributed by atoms with Crippen molar-refractivity contribution in [3.8, 4) is 0 Å². The predicted octanol–water partition coefficient (Wildman–Crippen LogP) is 1.61. The minimum atomic E-state index is -0.0511. The largest absolute Gasteiger partial charge is 0.337 e. The molecule has 0 saturated carbocycles. The molecular weight excluding hydrogens is 272 g/mol. The van der Waals surface area contributed by atoms with Gasteiger partial charge < -0.3 is 15.2 Å². The molecule has 1 unspecified atom stereocenters. The Morgan fingerprint density at radius 1 is 1.60 bits per heavy atom. The van der Waals surface area contributed by atoms with Crippen LogP contribution in [0, 0.1) is 0 Å². The van der Waals surface area contributed by atoms with E-state index in [1.165, 1.54) is 4.88 Å². The zero-order valence-corrected chi connectivity index (χ0v) is 12.6. The molecule has 2 heterocycles. The topological polar surface area (TPSA) is 64.2 Å². The third kappa shape index (κ3) is 3.46. The number of nitrogens with two attached hydrogens (primary N) is 1. The molecule has 0 aliphatic rings. The summed E-state index contributed by atoms with van der Waals surface area (Å²) in [5, 5.41) is 2.05. The normalized spacial score (nSPS) is 12.3. The van der Waals surface area contributed by atoms with Crippen LogP contribution in [-0.4, -0.2) is 40.0 Å². The zero-order chi connectivity index (χ0) is 14.5. The first kappa shape index (κ1) is 14.7. The Labute approximate surface area is 123 Å². The molecule has 2 aromatic rings. The molecule has 0 aliphatic carbocycles. The quantitative estimate of drug-likeness (QED) is 0.879. The maximum Gasteiger partial charge on any atom is 0.274 e. The Bertz CT molecular complexity index is 549. The highest BCUT2D eigenvalue weighted by atomic mass is 32.1. The van der Waals surface area contributed by atoms with E-state index in [1.54, 1.807) is 28.8 Å². The summed E-state index contributed by atoms with van der Waals surface area (Å²) in [4.78, 5) is 19.5. The first-order valence-corrected chi connectivity index (χ1v) is 7.51. The van der Waals surface area contributed by atoms with Crippen molar-refractivity contribution in [2.45, 2.75) is 25.9 Å². The van der Waals surface area contributed by atoms with E-state index in [1.807, 2.05) is 17.7 Å². The van der Waals surface area contributed by atoms with Crippen LogP contribution in [-0.2, 0) is 13.0 Å². The standard InChI is InChI=1S/C14H20N4OS/c1-11(8-12-4-3-7-20-12)17(2)14(19)13-9-18(6-5-15)10-16-13/h3-4,7,9-11H,5-6,8,15H2,1-2H3. The van der Waals surface area contributed by atoms with Crippen molar-refractivity contribution < 1.29 is 4.79 Å². The van der Waals surface area contributed by atoms with Crippen LogP contribution in [0.25, 0.3) is 0 Å². The molecule has 2 N–H and O–H groups in total. The lowest BCUT2D eigenvalue weighted by Gasteiger charge is -2.23. The van der Waals surface area contributed by atoms with E-state index in [9.17, 15) is 4.79 Å². The average molecular weight is 292 g/mol. The number of imidazole rings is 1. The Morgan fingerprint density at radius 3 is 3.05 bits per heavy atom. The fraction of sp³-hybridized carbons (Fsp3) is 0.429. The highest BCUT2D eigenvalue weighted by molar-refractivity contribution is 7.09. The van der Waals surface area contributed by atoms with Crippen molar-refractivity contribution in [1.29, 1.82) is 0 Å². The molecule has 0 fully saturated rings. The lowest BCUT2D eigenvalue weighted by Crippen LogP contribution is -2.36. The molecular formula is C14H20N4OS. The van der Waals surface area contributed by atoms with Crippen LogP contribution < -0.4 is 5.73 Å². The van der Waals surface area contributed by atoms with Gasteiger partial charge >= 0.3 is 0 Å². The van der Waals surface area contributed by atoms with Gasteiger partial charge in [0.2, 0.25) is 0 Å². The lowest BCUT2D eigenvalue weighted by atomic mass is 10.2. The van der Waals surface area contributed by atoms with Gasteiger partial charge in [0.15, 0.2) is 0 Å². The van der Waals surface area contributed by atoms with Gasteiger partial charge in [0.25, 0.3) is 5.91 Å². The fourth-order valence-electron chi connectivity index (χ4n) is 1.98. The minimum Gasteiger partial charge on any atom is -0.337 e. The number of aromatic nitrogens is 2. The molecule has 2 rings (SSSR count). The van der Waals surface area contributed by atoms with E-state index in [2.05, 4.69) is 23.4 Å². The van der Waals surface area contributed by atoms with Gasteiger partial charge in [0.1, 0.15) is 5.69 Å². The minimum absolute atomic E-state index is 0.0511. The van der Waals surface area contributed by atoms with Gasteiger partial charge in [-0.2, -0.15) is 0 Å². The number of rotatable bonds is 6. The molecule has 2 aromatic heterocycles. The number of hydrogen-bond acceptors (Lipinski definition) is 4. The van der Waals surface area contributed by atoms with Gasteiger partial charge in [0, 0.05) is 43.7 Å². The number of likely N-dealkylation sites (N-methyl/N-ethyl adjacent to an activating group) is 1. The Kier molecular flexibility index (Phi) is 4.92. The van der Waals surface area contributed by atoms with E-state index in [4.69, 9.17) is 5.73 Å². The third-order valence-corrected chi connectivity index (χ3v) is 4.20. The Hall–Kier alpha value is -1.66. The second kappa shape index (κ2) is 6.67. The van der Waals surface area contributed by atoms with Crippen molar-refractivity contribution in [2.24, 2.45) is 5.73 Å². The van der Waals surface area contributed by atoms with Crippen molar-refractivity contribution in [3.05, 3.63) is 40.6 Å². The first-order valence-electron chi connectivity index (χ1n) is 6.63. The molecule has 5 nitrogen and oxygen atoms in total. The van der Waals surface area contributed by atoms with Crippen LogP contribution in [0.5, 0.6) is 0 Å². The van der Waals surface area contributed by atoms with Crippen LogP contribution in [0.3, 0.4) is 0 Å². The molecule has 0 saturated heterocycles. The van der Waals surface area contributed by atoms with Gasteiger partial charge in [0.05, 0.1) is 6.33 Å². The lowest BCUT2D eigenvalue weighted by molar-refractivity contribution is 0.0738. The Morgan fingerprint density at radius 2 is 2.40 bits per heavy atom. The van der Waals surface area contributed by atoms with Gasteiger partial charge in [-0.3, -0.25) is 4.79 Å². The number of thiophene rings is 1. The van der Waals surface area contributed by atoms with Crippen LogP contribution in [0.15, 0.2) is 30.0 Å². The van der Waals surface area contributed by atoms with E-state index in [0.29, 0.717) is 18.8 Å². The van der Waals surface area contributed by atoms with Crippen molar-refractivity contribution in [1.82, 2.24) is 14.5 Å². The monoisotopic (exact) mass is 292 g/mol. The number of amides is 1. The molecule has 20 heavy (non-hydrogen) atoms. The first-order chi connectivity index (χ1) is 9.61. The van der Waals surface area contributed by atoms with Gasteiger partial charge in [-0.1, -0.05) is 6.07 Å². The van der Waals surface area contributed by atoms with Crippen molar-refractivity contribution in [2.75, 3.05) is 13.6 Å². The second-order valence-corrected chi connectivity index (χ2v) is 5.87. The van der Waals surface area contributed by atoms with Gasteiger partial charge in [-0.25, -0.2) is 4.98 Å². The molecule has 1 amide bonds. The SMILES string of the molecule is CC(Cc1cccs1)N(C)C(=O)c1cn(CCN)cn1. The predicted molar refractivity (Wildman–Crippen MR) is 80.9 cm³/mol. The zero-order valence-electron chi connectivity index (χ0n) is 11.8. The smallest absolute Gasteiger partial charge is 0.274 e. The molecule has 0 aromatic carbocycles. The van der Waals surface area contributed by atoms with E-state index < -0.39 is 0 Å². The number of hydrogen-bond donors (Lipinski definition) is 1. The number of nitrogens with zero attached hydrogens (tertiary/aromatic N) is 3. The average Bonchev–Trinajstić information content (AvgIpc) is 3.09. The maximum absolute atomic E-state index is 12.4. The summed E-state index contributed by atoms with van der Waals surface area (Å²) in [5.74, 6) is -0.0511. The van der Waals surface area contributed by atoms with Gasteiger partial charge in [-0.15, -0.1) is 11.3 Å². The summed E-state index contributed by atoms with van der Waals surface area (Å²) in [6.07, 6.45) is 4.27. The van der Waals surface area contributed by atoms with Crippen LogP contribution in [0.4, 0.5) is 0 Å². The summed E-state index contributed by atoms with van der Waals surface area (Å²) in [7, 11) is 1.82. The van der Waals surface area contributed by atoms with Crippen molar-refractivity contribution >= 4 is 17.2 Å². The molecule has 6 heteroatoms. The molecule has 0 spiro atoms. The van der Waals surface area contributed by atoms with Crippen molar-refractivity contribution in [3.63, 3.8) is 0 Å². The summed E-state index contributed by atoms with van der Waals surface area (Å²) in [6.45, 7) is 3.26. The third-order valence-electron chi connectivity index (χ3n) is 3.30.